The van der Waals surface area contributed by atoms with Crippen molar-refractivity contribution in [2.45, 2.75) is 51.9 Å². The van der Waals surface area contributed by atoms with E-state index in [0.717, 1.165) is 23.7 Å². The summed E-state index contributed by atoms with van der Waals surface area (Å²) in [5, 5.41) is 0. The van der Waals surface area contributed by atoms with Crippen LogP contribution in [-0.4, -0.2) is 18.5 Å². The molecule has 0 atom stereocenters. The largest absolute Gasteiger partial charge is 0.466 e. The monoisotopic (exact) mass is 370 g/mol. The van der Waals surface area contributed by atoms with Crippen molar-refractivity contribution in [3.05, 3.63) is 28.7 Å². The predicted molar refractivity (Wildman–Crippen MR) is 88.7 cm³/mol. The van der Waals surface area contributed by atoms with Gasteiger partial charge in [-0.25, -0.2) is 0 Å². The van der Waals surface area contributed by atoms with Crippen molar-refractivity contribution < 1.29 is 19.1 Å². The Morgan fingerprint density at radius 1 is 0.955 bits per heavy atom. The van der Waals surface area contributed by atoms with Crippen molar-refractivity contribution in [1.29, 1.82) is 0 Å². The normalized spacial score (nSPS) is 10.3. The van der Waals surface area contributed by atoms with Gasteiger partial charge in [0.25, 0.3) is 0 Å². The summed E-state index contributed by atoms with van der Waals surface area (Å²) in [4.78, 5) is 23.1. The molecular formula is C17H23BrO4. The highest BCUT2D eigenvalue weighted by Gasteiger charge is 2.08. The molecule has 1 rings (SSSR count). The second kappa shape index (κ2) is 11.2. The molecule has 122 valence electrons. The lowest BCUT2D eigenvalue weighted by Crippen LogP contribution is -2.10. The number of unbranched alkanes of at least 4 members (excludes halogenated alkanes) is 3. The van der Waals surface area contributed by atoms with Gasteiger partial charge in [0.05, 0.1) is 6.61 Å². The number of hydrogen-bond donors (Lipinski definition) is 0. The molecule has 0 N–H and O–H groups in total. The van der Waals surface area contributed by atoms with E-state index in [0.29, 0.717) is 18.8 Å². The lowest BCUT2D eigenvalue weighted by molar-refractivity contribution is -0.144. The van der Waals surface area contributed by atoms with E-state index in [-0.39, 0.29) is 24.8 Å². The van der Waals surface area contributed by atoms with Crippen LogP contribution in [0.25, 0.3) is 0 Å². The van der Waals surface area contributed by atoms with Gasteiger partial charge in [0.2, 0.25) is 0 Å². The fraction of sp³-hybridized carbons (Fsp3) is 0.529. The molecule has 0 aliphatic heterocycles. The third-order valence-corrected chi connectivity index (χ3v) is 3.60. The standard InChI is InChI=1S/C17H23BrO4/c1-2-3-4-5-13-21-16(19)7-6-8-17(20)22-15-11-9-14(18)10-12-15/h9-12H,2-8,13H2,1H3. The molecule has 0 radical (unpaired) electrons. The molecular weight excluding hydrogens is 348 g/mol. The smallest absolute Gasteiger partial charge is 0.311 e. The first-order chi connectivity index (χ1) is 10.6. The Labute approximate surface area is 140 Å². The Kier molecular flexibility index (Phi) is 9.55. The summed E-state index contributed by atoms with van der Waals surface area (Å²) in [7, 11) is 0. The maximum atomic E-state index is 11.6. The van der Waals surface area contributed by atoms with E-state index >= 15 is 0 Å². The van der Waals surface area contributed by atoms with Crippen LogP contribution in [0.15, 0.2) is 28.7 Å². The fourth-order valence-electron chi connectivity index (χ4n) is 1.85. The number of benzene rings is 1. The molecule has 0 aliphatic rings. The zero-order valence-electron chi connectivity index (χ0n) is 13.0. The molecule has 0 heterocycles. The van der Waals surface area contributed by atoms with E-state index in [9.17, 15) is 9.59 Å². The van der Waals surface area contributed by atoms with Crippen LogP contribution in [0, 0.1) is 0 Å². The molecule has 4 nitrogen and oxygen atoms in total. The van der Waals surface area contributed by atoms with Crippen molar-refractivity contribution in [3.63, 3.8) is 0 Å². The topological polar surface area (TPSA) is 52.6 Å². The number of ether oxygens (including phenoxy) is 2. The van der Waals surface area contributed by atoms with E-state index in [1.165, 1.54) is 6.42 Å². The first-order valence-electron chi connectivity index (χ1n) is 7.73. The molecule has 22 heavy (non-hydrogen) atoms. The molecule has 1 aromatic carbocycles. The van der Waals surface area contributed by atoms with Crippen LogP contribution in [0.4, 0.5) is 0 Å². The number of carbonyl (C=O) groups excluding carboxylic acids is 2. The Morgan fingerprint density at radius 3 is 2.32 bits per heavy atom. The Bertz CT molecular complexity index is 456. The summed E-state index contributed by atoms with van der Waals surface area (Å²) < 4.78 is 11.2. The summed E-state index contributed by atoms with van der Waals surface area (Å²) in [6, 6.07) is 7.04. The Hall–Kier alpha value is -1.36. The fourth-order valence-corrected chi connectivity index (χ4v) is 2.11. The molecule has 0 aliphatic carbocycles. The predicted octanol–water partition coefficient (Wildman–Crippen LogP) is 4.65. The first kappa shape index (κ1) is 18.7. The molecule has 1 aromatic rings. The summed E-state index contributed by atoms with van der Waals surface area (Å²) in [5.74, 6) is -0.0716. The van der Waals surface area contributed by atoms with E-state index in [1.54, 1.807) is 24.3 Å². The van der Waals surface area contributed by atoms with Crippen LogP contribution in [0.5, 0.6) is 5.75 Å². The summed E-state index contributed by atoms with van der Waals surface area (Å²) in [6.07, 6.45) is 5.23. The molecule has 0 fully saturated rings. The van der Waals surface area contributed by atoms with Crippen molar-refractivity contribution in [2.75, 3.05) is 6.61 Å². The molecule has 0 amide bonds. The lowest BCUT2D eigenvalue weighted by Gasteiger charge is -2.05. The van der Waals surface area contributed by atoms with Crippen LogP contribution in [0.2, 0.25) is 0 Å². The number of hydrogen-bond acceptors (Lipinski definition) is 4. The van der Waals surface area contributed by atoms with Gasteiger partial charge in [0, 0.05) is 17.3 Å². The quantitative estimate of drug-likeness (QED) is 0.341. The molecule has 0 unspecified atom stereocenters. The number of esters is 2. The van der Waals surface area contributed by atoms with Crippen molar-refractivity contribution in [3.8, 4) is 5.75 Å². The van der Waals surface area contributed by atoms with Crippen molar-refractivity contribution >= 4 is 27.9 Å². The van der Waals surface area contributed by atoms with Crippen molar-refractivity contribution in [1.82, 2.24) is 0 Å². The zero-order valence-corrected chi connectivity index (χ0v) is 14.6. The molecule has 0 saturated carbocycles. The lowest BCUT2D eigenvalue weighted by atomic mass is 10.2. The maximum absolute atomic E-state index is 11.6. The van der Waals surface area contributed by atoms with Crippen LogP contribution in [0.3, 0.4) is 0 Å². The third-order valence-electron chi connectivity index (χ3n) is 3.07. The second-order valence-corrected chi connectivity index (χ2v) is 5.98. The van der Waals surface area contributed by atoms with Crippen LogP contribution in [-0.2, 0) is 14.3 Å². The number of rotatable bonds is 10. The van der Waals surface area contributed by atoms with E-state index in [1.807, 2.05) is 0 Å². The van der Waals surface area contributed by atoms with Gasteiger partial charge in [0.1, 0.15) is 5.75 Å². The average molecular weight is 371 g/mol. The van der Waals surface area contributed by atoms with E-state index < -0.39 is 0 Å². The second-order valence-electron chi connectivity index (χ2n) is 5.06. The number of halogens is 1. The average Bonchev–Trinajstić information content (AvgIpc) is 2.49. The summed E-state index contributed by atoms with van der Waals surface area (Å²) >= 11 is 3.31. The molecule has 0 spiro atoms. The minimum absolute atomic E-state index is 0.209. The first-order valence-corrected chi connectivity index (χ1v) is 8.53. The maximum Gasteiger partial charge on any atom is 0.311 e. The van der Waals surface area contributed by atoms with Crippen molar-refractivity contribution in [2.24, 2.45) is 0 Å². The highest BCUT2D eigenvalue weighted by Crippen LogP contribution is 2.16. The van der Waals surface area contributed by atoms with Crippen LogP contribution < -0.4 is 4.74 Å². The van der Waals surface area contributed by atoms with Gasteiger partial charge < -0.3 is 9.47 Å². The Morgan fingerprint density at radius 2 is 1.64 bits per heavy atom. The van der Waals surface area contributed by atoms with E-state index in [4.69, 9.17) is 9.47 Å². The highest BCUT2D eigenvalue weighted by atomic mass is 79.9. The van der Waals surface area contributed by atoms with Crippen LogP contribution >= 0.6 is 15.9 Å². The van der Waals surface area contributed by atoms with Gasteiger partial charge in [0.15, 0.2) is 0 Å². The molecule has 0 bridgehead atoms. The Balaban J connectivity index is 2.09. The van der Waals surface area contributed by atoms with Gasteiger partial charge >= 0.3 is 11.9 Å². The summed E-state index contributed by atoms with van der Waals surface area (Å²) in [6.45, 7) is 2.61. The minimum Gasteiger partial charge on any atom is -0.466 e. The van der Waals surface area contributed by atoms with Gasteiger partial charge in [-0.05, 0) is 37.1 Å². The molecule has 0 saturated heterocycles. The third kappa shape index (κ3) is 8.82. The SMILES string of the molecule is CCCCCCOC(=O)CCCC(=O)Oc1ccc(Br)cc1. The van der Waals surface area contributed by atoms with Crippen LogP contribution in [0.1, 0.15) is 51.9 Å². The number of carbonyl (C=O) groups is 2. The summed E-state index contributed by atoms with van der Waals surface area (Å²) in [5.41, 5.74) is 0. The minimum atomic E-state index is -0.335. The highest BCUT2D eigenvalue weighted by molar-refractivity contribution is 9.10. The molecule has 5 heteroatoms. The van der Waals surface area contributed by atoms with E-state index in [2.05, 4.69) is 22.9 Å². The van der Waals surface area contributed by atoms with Gasteiger partial charge in [-0.3, -0.25) is 9.59 Å². The molecule has 0 aromatic heterocycles. The van der Waals surface area contributed by atoms with Gasteiger partial charge in [-0.2, -0.15) is 0 Å². The zero-order chi connectivity index (χ0) is 16.2. The van der Waals surface area contributed by atoms with Gasteiger partial charge in [-0.15, -0.1) is 0 Å². The van der Waals surface area contributed by atoms with Gasteiger partial charge in [-0.1, -0.05) is 42.1 Å².